The lowest BCUT2D eigenvalue weighted by molar-refractivity contribution is -0.111. The van der Waals surface area contributed by atoms with Gasteiger partial charge in [0.25, 0.3) is 0 Å². The van der Waals surface area contributed by atoms with Crippen LogP contribution in [-0.2, 0) is 14.8 Å². The number of ether oxygens (including phenoxy) is 2. The average Bonchev–Trinajstić information content (AvgIpc) is 2.67. The summed E-state index contributed by atoms with van der Waals surface area (Å²) >= 11 is 0. The molecular formula is C20H24N2O5S. The van der Waals surface area contributed by atoms with E-state index in [1.165, 1.54) is 26.2 Å². The summed E-state index contributed by atoms with van der Waals surface area (Å²) in [6.07, 6.45) is 2.97. The first-order chi connectivity index (χ1) is 13.2. The normalized spacial score (nSPS) is 11.6. The highest BCUT2D eigenvalue weighted by Gasteiger charge is 2.20. The maximum atomic E-state index is 12.4. The molecule has 0 aliphatic heterocycles. The van der Waals surface area contributed by atoms with Crippen LogP contribution in [0.15, 0.2) is 47.4 Å². The predicted molar refractivity (Wildman–Crippen MR) is 109 cm³/mol. The van der Waals surface area contributed by atoms with Gasteiger partial charge in [0.2, 0.25) is 15.9 Å². The number of hydrogen-bond acceptors (Lipinski definition) is 5. The van der Waals surface area contributed by atoms with Crippen LogP contribution in [0.1, 0.15) is 11.1 Å². The quantitative estimate of drug-likeness (QED) is 0.717. The molecule has 2 rings (SSSR count). The van der Waals surface area contributed by atoms with Gasteiger partial charge >= 0.3 is 0 Å². The fourth-order valence-electron chi connectivity index (χ4n) is 2.43. The van der Waals surface area contributed by atoms with E-state index in [2.05, 4.69) is 5.32 Å². The first-order valence-corrected chi connectivity index (χ1v) is 9.86. The third-order valence-electron chi connectivity index (χ3n) is 4.02. The second-order valence-corrected chi connectivity index (χ2v) is 8.36. The highest BCUT2D eigenvalue weighted by Crippen LogP contribution is 2.24. The van der Waals surface area contributed by atoms with Gasteiger partial charge < -0.3 is 14.8 Å². The first-order valence-electron chi connectivity index (χ1n) is 8.42. The van der Waals surface area contributed by atoms with E-state index >= 15 is 0 Å². The van der Waals surface area contributed by atoms with Crippen LogP contribution in [0.25, 0.3) is 6.08 Å². The number of nitrogens with zero attached hydrogens (tertiary/aromatic N) is 1. The molecule has 150 valence electrons. The zero-order valence-electron chi connectivity index (χ0n) is 16.5. The van der Waals surface area contributed by atoms with Gasteiger partial charge in [-0.05, 0) is 48.4 Å². The van der Waals surface area contributed by atoms with Crippen LogP contribution in [0.4, 0.5) is 5.69 Å². The standard InChI is InChI=1S/C20H24N2O5S/c1-14-6-8-16(12-19(14)28(24,25)22(2)3)21-20(23)9-7-15-10-17(26-4)13-18(11-15)27-5/h6-13H,1-5H3,(H,21,23)/b9-7+. The van der Waals surface area contributed by atoms with E-state index in [-0.39, 0.29) is 10.8 Å². The van der Waals surface area contributed by atoms with Crippen molar-refractivity contribution in [1.29, 1.82) is 0 Å². The van der Waals surface area contributed by atoms with Crippen molar-refractivity contribution in [2.24, 2.45) is 0 Å². The third kappa shape index (κ3) is 5.11. The van der Waals surface area contributed by atoms with Crippen molar-refractivity contribution in [3.8, 4) is 11.5 Å². The highest BCUT2D eigenvalue weighted by molar-refractivity contribution is 7.89. The minimum atomic E-state index is -3.60. The number of nitrogens with one attached hydrogen (secondary N) is 1. The predicted octanol–water partition coefficient (Wildman–Crippen LogP) is 2.91. The summed E-state index contributed by atoms with van der Waals surface area (Å²) in [6.45, 7) is 1.71. The summed E-state index contributed by atoms with van der Waals surface area (Å²) < 4.78 is 36.3. The largest absolute Gasteiger partial charge is 0.497 e. The lowest BCUT2D eigenvalue weighted by Gasteiger charge is -2.14. The molecule has 0 fully saturated rings. The Labute approximate surface area is 165 Å². The summed E-state index contributed by atoms with van der Waals surface area (Å²) in [4.78, 5) is 12.4. The second-order valence-electron chi connectivity index (χ2n) is 6.24. The molecule has 0 unspecified atom stereocenters. The molecule has 0 saturated heterocycles. The van der Waals surface area contributed by atoms with Gasteiger partial charge in [0, 0.05) is 31.9 Å². The third-order valence-corrected chi connectivity index (χ3v) is 5.97. The Hall–Kier alpha value is -2.84. The van der Waals surface area contributed by atoms with Gasteiger partial charge in [-0.3, -0.25) is 4.79 Å². The average molecular weight is 404 g/mol. The van der Waals surface area contributed by atoms with E-state index < -0.39 is 10.0 Å². The SMILES string of the molecule is COc1cc(/C=C/C(=O)Nc2ccc(C)c(S(=O)(=O)N(C)C)c2)cc(OC)c1. The van der Waals surface area contributed by atoms with Crippen LogP contribution in [0.2, 0.25) is 0 Å². The van der Waals surface area contributed by atoms with E-state index in [0.717, 1.165) is 9.87 Å². The first kappa shape index (κ1) is 21.5. The number of carbonyl (C=O) groups is 1. The van der Waals surface area contributed by atoms with Crippen LogP contribution in [-0.4, -0.2) is 46.9 Å². The van der Waals surface area contributed by atoms with Gasteiger partial charge in [-0.2, -0.15) is 0 Å². The van der Waals surface area contributed by atoms with Crippen molar-refractivity contribution in [1.82, 2.24) is 4.31 Å². The minimum absolute atomic E-state index is 0.150. The maximum Gasteiger partial charge on any atom is 0.248 e. The number of hydrogen-bond donors (Lipinski definition) is 1. The van der Waals surface area contributed by atoms with Crippen molar-refractivity contribution in [3.05, 3.63) is 53.6 Å². The van der Waals surface area contributed by atoms with Crippen LogP contribution in [0.5, 0.6) is 11.5 Å². The zero-order valence-corrected chi connectivity index (χ0v) is 17.3. The van der Waals surface area contributed by atoms with Crippen molar-refractivity contribution < 1.29 is 22.7 Å². The Balaban J connectivity index is 2.21. The number of amides is 1. The number of benzene rings is 2. The number of methoxy groups -OCH3 is 2. The molecule has 0 aliphatic carbocycles. The fraction of sp³-hybridized carbons (Fsp3) is 0.250. The molecule has 0 aliphatic rings. The maximum absolute atomic E-state index is 12.4. The fourth-order valence-corrected chi connectivity index (χ4v) is 3.58. The molecule has 2 aromatic carbocycles. The van der Waals surface area contributed by atoms with Crippen molar-refractivity contribution in [2.45, 2.75) is 11.8 Å². The summed E-state index contributed by atoms with van der Waals surface area (Å²) in [5, 5.41) is 2.68. The van der Waals surface area contributed by atoms with Gasteiger partial charge in [0.1, 0.15) is 11.5 Å². The van der Waals surface area contributed by atoms with Crippen LogP contribution in [0.3, 0.4) is 0 Å². The number of carbonyl (C=O) groups excluding carboxylic acids is 1. The number of anilines is 1. The van der Waals surface area contributed by atoms with E-state index in [1.54, 1.807) is 57.6 Å². The molecule has 0 heterocycles. The zero-order chi connectivity index (χ0) is 20.9. The minimum Gasteiger partial charge on any atom is -0.497 e. The molecule has 0 spiro atoms. The Kier molecular flexibility index (Phi) is 6.82. The Bertz CT molecular complexity index is 975. The molecular weight excluding hydrogens is 380 g/mol. The number of rotatable bonds is 7. The summed E-state index contributed by atoms with van der Waals surface area (Å²) in [5.74, 6) is 0.826. The van der Waals surface area contributed by atoms with Gasteiger partial charge in [-0.25, -0.2) is 12.7 Å². The molecule has 0 bridgehead atoms. The van der Waals surface area contributed by atoms with E-state index in [0.29, 0.717) is 22.7 Å². The second kappa shape index (κ2) is 8.90. The van der Waals surface area contributed by atoms with Crippen LogP contribution >= 0.6 is 0 Å². The van der Waals surface area contributed by atoms with Gasteiger partial charge in [-0.15, -0.1) is 0 Å². The lowest BCUT2D eigenvalue weighted by atomic mass is 10.2. The number of sulfonamides is 1. The molecule has 0 saturated carbocycles. The molecule has 0 aromatic heterocycles. The lowest BCUT2D eigenvalue weighted by Crippen LogP contribution is -2.23. The van der Waals surface area contributed by atoms with Crippen LogP contribution < -0.4 is 14.8 Å². The monoisotopic (exact) mass is 404 g/mol. The van der Waals surface area contributed by atoms with Gasteiger partial charge in [-0.1, -0.05) is 6.07 Å². The molecule has 1 amide bonds. The smallest absolute Gasteiger partial charge is 0.248 e. The Morgan fingerprint density at radius 3 is 2.18 bits per heavy atom. The summed E-state index contributed by atoms with van der Waals surface area (Å²) in [7, 11) is 2.42. The van der Waals surface area contributed by atoms with Crippen molar-refractivity contribution in [3.63, 3.8) is 0 Å². The highest BCUT2D eigenvalue weighted by atomic mass is 32.2. The molecule has 28 heavy (non-hydrogen) atoms. The van der Waals surface area contributed by atoms with Crippen molar-refractivity contribution >= 4 is 27.7 Å². The molecule has 1 N–H and O–H groups in total. The van der Waals surface area contributed by atoms with E-state index in [1.807, 2.05) is 0 Å². The molecule has 7 nitrogen and oxygen atoms in total. The molecule has 0 atom stereocenters. The van der Waals surface area contributed by atoms with E-state index in [4.69, 9.17) is 9.47 Å². The summed E-state index contributed by atoms with van der Waals surface area (Å²) in [6, 6.07) is 10.0. The molecule has 8 heteroatoms. The molecule has 2 aromatic rings. The van der Waals surface area contributed by atoms with Crippen molar-refractivity contribution in [2.75, 3.05) is 33.6 Å². The molecule has 0 radical (unpaired) electrons. The number of aryl methyl sites for hydroxylation is 1. The van der Waals surface area contributed by atoms with Gasteiger partial charge in [0.05, 0.1) is 19.1 Å². The Morgan fingerprint density at radius 1 is 1.04 bits per heavy atom. The van der Waals surface area contributed by atoms with E-state index in [9.17, 15) is 13.2 Å². The van der Waals surface area contributed by atoms with Crippen LogP contribution in [0, 0.1) is 6.92 Å². The summed E-state index contributed by atoms with van der Waals surface area (Å²) in [5.41, 5.74) is 1.72. The topological polar surface area (TPSA) is 84.9 Å². The Morgan fingerprint density at radius 2 is 1.64 bits per heavy atom. The van der Waals surface area contributed by atoms with Gasteiger partial charge in [0.15, 0.2) is 0 Å².